The average molecular weight is 520 g/mol. The van der Waals surface area contributed by atoms with Crippen LogP contribution in [0.4, 0.5) is 24.7 Å². The number of carbonyl (C=O) groups is 1. The molecule has 10 nitrogen and oxygen atoms in total. The summed E-state index contributed by atoms with van der Waals surface area (Å²) < 4.78 is 46.1. The lowest BCUT2D eigenvalue weighted by atomic mass is 10.0. The first-order valence-electron chi connectivity index (χ1n) is 12.2. The summed E-state index contributed by atoms with van der Waals surface area (Å²) in [6.45, 7) is 1.87. The van der Waals surface area contributed by atoms with Gasteiger partial charge in [0.25, 0.3) is 5.56 Å². The molecule has 2 aliphatic heterocycles. The largest absolute Gasteiger partial charge is 0.423 e. The van der Waals surface area contributed by atoms with Gasteiger partial charge in [0.05, 0.1) is 43.1 Å². The molecule has 4 heterocycles. The smallest absolute Gasteiger partial charge is 0.379 e. The zero-order valence-corrected chi connectivity index (χ0v) is 20.1. The second-order valence-electron chi connectivity index (χ2n) is 9.11. The molecule has 13 heteroatoms. The van der Waals surface area contributed by atoms with E-state index in [1.165, 1.54) is 11.1 Å². The number of likely N-dealkylation sites (tertiary alicyclic amines) is 1. The third-order valence-electron chi connectivity index (χ3n) is 6.67. The second-order valence-corrected chi connectivity index (χ2v) is 9.11. The lowest BCUT2D eigenvalue weighted by Gasteiger charge is -2.33. The van der Waals surface area contributed by atoms with Crippen molar-refractivity contribution in [2.75, 3.05) is 43.1 Å². The molecule has 2 N–H and O–H groups in total. The van der Waals surface area contributed by atoms with Crippen LogP contribution in [0.25, 0.3) is 0 Å². The molecule has 2 aliphatic rings. The van der Waals surface area contributed by atoms with Crippen LogP contribution in [0.15, 0.2) is 29.3 Å². The van der Waals surface area contributed by atoms with Gasteiger partial charge in [-0.3, -0.25) is 9.59 Å². The third-order valence-corrected chi connectivity index (χ3v) is 6.67. The normalized spacial score (nSPS) is 18.6. The molecule has 0 bridgehead atoms. The summed E-state index contributed by atoms with van der Waals surface area (Å²) in [5.74, 6) is 0.660. The summed E-state index contributed by atoms with van der Waals surface area (Å²) in [6, 6.07) is 5.33. The van der Waals surface area contributed by atoms with E-state index in [0.717, 1.165) is 19.0 Å². The molecule has 4 rings (SSSR count). The number of pyridine rings is 1. The van der Waals surface area contributed by atoms with Gasteiger partial charge in [-0.15, -0.1) is 0 Å². The Morgan fingerprint density at radius 3 is 2.68 bits per heavy atom. The van der Waals surface area contributed by atoms with Crippen LogP contribution in [0, 0.1) is 11.3 Å². The lowest BCUT2D eigenvalue weighted by Crippen LogP contribution is -2.43. The molecule has 2 fully saturated rings. The number of anilines is 2. The number of hydrogen-bond acceptors (Lipinski definition) is 8. The Balaban J connectivity index is 1.21. The Hall–Kier alpha value is -3.66. The Bertz CT molecular complexity index is 1170. The van der Waals surface area contributed by atoms with Crippen LogP contribution >= 0.6 is 0 Å². The average Bonchev–Trinajstić information content (AvgIpc) is 3.35. The highest BCUT2D eigenvalue weighted by molar-refractivity contribution is 5.76. The van der Waals surface area contributed by atoms with E-state index in [1.54, 1.807) is 17.0 Å². The summed E-state index contributed by atoms with van der Waals surface area (Å²) in [6.07, 6.45) is 0.731. The maximum absolute atomic E-state index is 13.5. The molecule has 2 saturated heterocycles. The number of nitrogens with one attached hydrogen (secondary N) is 2. The van der Waals surface area contributed by atoms with E-state index in [1.807, 2.05) is 11.2 Å². The molecule has 2 aromatic heterocycles. The molecule has 2 aromatic rings. The maximum Gasteiger partial charge on any atom is 0.423 e. The van der Waals surface area contributed by atoms with Gasteiger partial charge < -0.3 is 19.9 Å². The maximum atomic E-state index is 13.5. The standard InChI is InChI=1S/C24H28F3N7O3/c25-24(26,27)22-19(14-30-32-23(22)36)34-8-1-2-18(34)15-37-11-7-21(35)33-9-5-17(6-10-33)31-20-4-3-16(12-28)13-29-20/h3-4,13-14,17-18H,1-2,5-11,15H2,(H,29,31)(H,32,36)/t18-/m0/s1. The topological polar surface area (TPSA) is 127 Å². The number of ether oxygens (including phenoxy) is 1. The van der Waals surface area contributed by atoms with Gasteiger partial charge >= 0.3 is 6.18 Å². The SMILES string of the molecule is N#Cc1ccc(NC2CCN(C(=O)CCOC[C@@H]3CCCN3c3cn[nH]c(=O)c3C(F)(F)F)CC2)nc1. The van der Waals surface area contributed by atoms with Crippen molar-refractivity contribution in [2.45, 2.75) is 50.4 Å². The number of hydrogen-bond donors (Lipinski definition) is 2. The van der Waals surface area contributed by atoms with Crippen LogP contribution in [-0.4, -0.2) is 70.9 Å². The minimum atomic E-state index is -4.80. The van der Waals surface area contributed by atoms with Gasteiger partial charge in [0, 0.05) is 31.9 Å². The summed E-state index contributed by atoms with van der Waals surface area (Å²) in [5.41, 5.74) is -2.27. The highest BCUT2D eigenvalue weighted by Gasteiger charge is 2.40. The van der Waals surface area contributed by atoms with Gasteiger partial charge in [0.2, 0.25) is 5.91 Å². The molecule has 0 aromatic carbocycles. The number of alkyl halides is 3. The second kappa shape index (κ2) is 11.6. The van der Waals surface area contributed by atoms with E-state index in [9.17, 15) is 22.8 Å². The van der Waals surface area contributed by atoms with Crippen molar-refractivity contribution in [3.63, 3.8) is 0 Å². The number of nitrogens with zero attached hydrogens (tertiary/aromatic N) is 5. The minimum absolute atomic E-state index is 0.0311. The third kappa shape index (κ3) is 6.56. The number of carbonyl (C=O) groups excluding carboxylic acids is 1. The Labute approximate surface area is 211 Å². The van der Waals surface area contributed by atoms with Crippen molar-refractivity contribution >= 4 is 17.4 Å². The predicted octanol–water partition coefficient (Wildman–Crippen LogP) is 2.53. The number of halogens is 3. The first-order valence-corrected chi connectivity index (χ1v) is 12.2. The number of aromatic amines is 1. The number of rotatable bonds is 8. The van der Waals surface area contributed by atoms with Gasteiger partial charge in [-0.25, -0.2) is 10.1 Å². The molecule has 0 saturated carbocycles. The van der Waals surface area contributed by atoms with E-state index in [0.29, 0.717) is 43.9 Å². The van der Waals surface area contributed by atoms with Crippen molar-refractivity contribution in [1.29, 1.82) is 5.26 Å². The van der Waals surface area contributed by atoms with Crippen molar-refractivity contribution in [2.24, 2.45) is 0 Å². The summed E-state index contributed by atoms with van der Waals surface area (Å²) in [4.78, 5) is 31.9. The van der Waals surface area contributed by atoms with E-state index in [-0.39, 0.29) is 43.3 Å². The van der Waals surface area contributed by atoms with E-state index >= 15 is 0 Å². The van der Waals surface area contributed by atoms with Crippen molar-refractivity contribution < 1.29 is 22.7 Å². The minimum Gasteiger partial charge on any atom is -0.379 e. The van der Waals surface area contributed by atoms with Gasteiger partial charge in [-0.2, -0.15) is 23.5 Å². The lowest BCUT2D eigenvalue weighted by molar-refractivity contribution is -0.138. The van der Waals surface area contributed by atoms with E-state index in [4.69, 9.17) is 10.00 Å². The monoisotopic (exact) mass is 519 g/mol. The first-order chi connectivity index (χ1) is 17.8. The van der Waals surface area contributed by atoms with E-state index < -0.39 is 17.3 Å². The molecule has 0 aliphatic carbocycles. The van der Waals surface area contributed by atoms with E-state index in [2.05, 4.69) is 15.4 Å². The number of H-pyrrole nitrogens is 1. The van der Waals surface area contributed by atoms with Crippen molar-refractivity contribution in [3.8, 4) is 6.07 Å². The molecule has 1 amide bonds. The van der Waals surface area contributed by atoms with Crippen LogP contribution < -0.4 is 15.8 Å². The first kappa shape index (κ1) is 26.4. The van der Waals surface area contributed by atoms with Crippen molar-refractivity contribution in [3.05, 3.63) is 46.0 Å². The number of piperidine rings is 1. The van der Waals surface area contributed by atoms with Gasteiger partial charge in [0.1, 0.15) is 17.5 Å². The molecular weight excluding hydrogens is 491 g/mol. The molecular formula is C24H28F3N7O3. The highest BCUT2D eigenvalue weighted by atomic mass is 19.4. The molecule has 1 atom stereocenters. The summed E-state index contributed by atoms with van der Waals surface area (Å²) >= 11 is 0. The molecule has 0 radical (unpaired) electrons. The fourth-order valence-electron chi connectivity index (χ4n) is 4.77. The zero-order valence-electron chi connectivity index (χ0n) is 20.1. The van der Waals surface area contributed by atoms with Crippen LogP contribution in [0.1, 0.15) is 43.2 Å². The number of aromatic nitrogens is 3. The molecule has 198 valence electrons. The van der Waals surface area contributed by atoms with Crippen LogP contribution in [0.3, 0.4) is 0 Å². The molecule has 37 heavy (non-hydrogen) atoms. The highest BCUT2D eigenvalue weighted by Crippen LogP contribution is 2.36. The number of amides is 1. The quantitative estimate of drug-likeness (QED) is 0.510. The fraction of sp³-hybridized carbons (Fsp3) is 0.542. The number of nitriles is 1. The Morgan fingerprint density at radius 2 is 2.00 bits per heavy atom. The molecule has 0 spiro atoms. The van der Waals surface area contributed by atoms with Crippen molar-refractivity contribution in [1.82, 2.24) is 20.1 Å². The fourth-order valence-corrected chi connectivity index (χ4v) is 4.77. The van der Waals surface area contributed by atoms with Crippen LogP contribution in [-0.2, 0) is 15.7 Å². The summed E-state index contributed by atoms with van der Waals surface area (Å²) in [5, 5.41) is 17.6. The molecule has 0 unspecified atom stereocenters. The summed E-state index contributed by atoms with van der Waals surface area (Å²) in [7, 11) is 0. The Morgan fingerprint density at radius 1 is 1.22 bits per heavy atom. The van der Waals surface area contributed by atoms with Gasteiger partial charge in [0.15, 0.2) is 0 Å². The van der Waals surface area contributed by atoms with Gasteiger partial charge in [-0.05, 0) is 37.8 Å². The van der Waals surface area contributed by atoms with Crippen LogP contribution in [0.5, 0.6) is 0 Å². The Kier molecular flexibility index (Phi) is 8.27. The zero-order chi connectivity index (χ0) is 26.4. The van der Waals surface area contributed by atoms with Gasteiger partial charge in [-0.1, -0.05) is 0 Å². The van der Waals surface area contributed by atoms with Crippen LogP contribution in [0.2, 0.25) is 0 Å². The predicted molar refractivity (Wildman–Crippen MR) is 128 cm³/mol.